The molecule has 3 aliphatic carbocycles. The van der Waals surface area contributed by atoms with Crippen LogP contribution in [-0.2, 0) is 0 Å². The molecule has 0 radical (unpaired) electrons. The second kappa shape index (κ2) is 9.62. The fourth-order valence-electron chi connectivity index (χ4n) is 6.88. The van der Waals surface area contributed by atoms with Crippen LogP contribution in [0.5, 0.6) is 0 Å². The van der Waals surface area contributed by atoms with E-state index < -0.39 is 0 Å². The van der Waals surface area contributed by atoms with E-state index in [1.54, 1.807) is 5.57 Å². The molecule has 0 aromatic carbocycles. The van der Waals surface area contributed by atoms with Crippen molar-refractivity contribution in [2.45, 2.75) is 93.4 Å². The molecule has 0 bridgehead atoms. The Bertz CT molecular complexity index is 702. The molecule has 3 fully saturated rings. The summed E-state index contributed by atoms with van der Waals surface area (Å²) in [6.07, 6.45) is 19.4. The lowest BCUT2D eigenvalue weighted by atomic mass is 9.61. The molecule has 3 saturated carbocycles. The molecule has 3 aliphatic rings. The largest absolute Gasteiger partial charge is 0.0953 e. The van der Waals surface area contributed by atoms with Gasteiger partial charge in [-0.25, -0.2) is 0 Å². The molecule has 0 N–H and O–H groups in total. The Morgan fingerprint density at radius 3 is 2.47 bits per heavy atom. The van der Waals surface area contributed by atoms with Crippen molar-refractivity contribution in [2.75, 3.05) is 0 Å². The minimum Gasteiger partial charge on any atom is -0.0953 e. The smallest absolute Gasteiger partial charge is 0.0143 e. The van der Waals surface area contributed by atoms with Crippen molar-refractivity contribution < 1.29 is 0 Å². The van der Waals surface area contributed by atoms with Crippen LogP contribution in [0.4, 0.5) is 0 Å². The number of rotatable bonds is 5. The minimum atomic E-state index is 0.484. The average molecular weight is 409 g/mol. The van der Waals surface area contributed by atoms with E-state index in [9.17, 15) is 0 Å². The third-order valence-corrected chi connectivity index (χ3v) is 9.27. The molecular weight excluding hydrogens is 360 g/mol. The molecule has 0 spiro atoms. The molecule has 0 aromatic heterocycles. The first-order valence-electron chi connectivity index (χ1n) is 12.9. The van der Waals surface area contributed by atoms with Gasteiger partial charge in [-0.15, -0.1) is 0 Å². The quantitative estimate of drug-likeness (QED) is 0.398. The highest BCUT2D eigenvalue weighted by atomic mass is 14.5. The predicted octanol–water partition coefficient (Wildman–Crippen LogP) is 9.16. The summed E-state index contributed by atoms with van der Waals surface area (Å²) in [6, 6.07) is 0. The summed E-state index contributed by atoms with van der Waals surface area (Å²) in [4.78, 5) is 0. The highest BCUT2D eigenvalue weighted by Crippen LogP contribution is 2.59. The van der Waals surface area contributed by atoms with Crippen LogP contribution in [0.3, 0.4) is 0 Å². The van der Waals surface area contributed by atoms with Gasteiger partial charge in [0.25, 0.3) is 0 Å². The molecule has 0 aromatic rings. The van der Waals surface area contributed by atoms with E-state index in [4.69, 9.17) is 0 Å². The van der Waals surface area contributed by atoms with Gasteiger partial charge in [0.1, 0.15) is 0 Å². The van der Waals surface area contributed by atoms with E-state index in [0.29, 0.717) is 23.2 Å². The van der Waals surface area contributed by atoms with Crippen LogP contribution in [0, 0.1) is 46.8 Å². The summed E-state index contributed by atoms with van der Waals surface area (Å²) in [5.74, 6) is 5.17. The first kappa shape index (κ1) is 23.6. The summed E-state index contributed by atoms with van der Waals surface area (Å²) in [5.41, 5.74) is 5.14. The van der Waals surface area contributed by atoms with Crippen molar-refractivity contribution >= 4 is 0 Å². The van der Waals surface area contributed by atoms with Crippen LogP contribution < -0.4 is 0 Å². The Morgan fingerprint density at radius 1 is 1.03 bits per heavy atom. The van der Waals surface area contributed by atoms with E-state index in [-0.39, 0.29) is 0 Å². The maximum Gasteiger partial charge on any atom is -0.0143 e. The SMILES string of the molecule is C=C1/C(=C/C=C2\CCC[C@@]3(C)[C@H]2CC[C@H]3[C@H](C)/C=C/[C@H](C)C(C)C)C[C@@H](C)C[C@@H]1C. The number of fused-ring (bicyclic) bond motifs is 1. The van der Waals surface area contributed by atoms with Crippen molar-refractivity contribution in [1.82, 2.24) is 0 Å². The van der Waals surface area contributed by atoms with Gasteiger partial charge in [0.05, 0.1) is 0 Å². The molecule has 0 heteroatoms. The fraction of sp³-hybridized carbons (Fsp3) is 0.733. The van der Waals surface area contributed by atoms with Gasteiger partial charge in [-0.05, 0) is 103 Å². The normalized spacial score (nSPS) is 39.8. The lowest BCUT2D eigenvalue weighted by molar-refractivity contribution is 0.112. The van der Waals surface area contributed by atoms with Gasteiger partial charge in [0.15, 0.2) is 0 Å². The third kappa shape index (κ3) is 4.89. The van der Waals surface area contributed by atoms with Crippen molar-refractivity contribution in [3.63, 3.8) is 0 Å². The second-order valence-corrected chi connectivity index (χ2v) is 11.8. The molecule has 3 rings (SSSR count). The molecule has 30 heavy (non-hydrogen) atoms. The molecule has 0 unspecified atom stereocenters. The Kier molecular flexibility index (Phi) is 7.57. The monoisotopic (exact) mass is 408 g/mol. The summed E-state index contributed by atoms with van der Waals surface area (Å²) in [6.45, 7) is 21.3. The highest BCUT2D eigenvalue weighted by Gasteiger charge is 2.50. The summed E-state index contributed by atoms with van der Waals surface area (Å²) < 4.78 is 0. The molecule has 7 atom stereocenters. The van der Waals surface area contributed by atoms with Crippen molar-refractivity contribution in [3.05, 3.63) is 47.6 Å². The molecule has 0 aliphatic heterocycles. The zero-order chi connectivity index (χ0) is 22.1. The number of hydrogen-bond acceptors (Lipinski definition) is 0. The maximum absolute atomic E-state index is 4.43. The maximum atomic E-state index is 4.43. The number of allylic oxidation sites excluding steroid dienone is 7. The Labute approximate surface area is 188 Å². The molecule has 0 amide bonds. The van der Waals surface area contributed by atoms with Gasteiger partial charge < -0.3 is 0 Å². The first-order chi connectivity index (χ1) is 14.1. The lowest BCUT2D eigenvalue weighted by Crippen LogP contribution is -2.35. The molecule has 168 valence electrons. The third-order valence-electron chi connectivity index (χ3n) is 9.27. The van der Waals surface area contributed by atoms with Crippen LogP contribution in [-0.4, -0.2) is 0 Å². The highest BCUT2D eigenvalue weighted by molar-refractivity contribution is 5.37. The van der Waals surface area contributed by atoms with Gasteiger partial charge in [0.2, 0.25) is 0 Å². The Balaban J connectivity index is 1.76. The lowest BCUT2D eigenvalue weighted by Gasteiger charge is -2.44. The molecule has 0 saturated heterocycles. The second-order valence-electron chi connectivity index (χ2n) is 11.8. The summed E-state index contributed by atoms with van der Waals surface area (Å²) in [7, 11) is 0. The number of hydrogen-bond donors (Lipinski definition) is 0. The summed E-state index contributed by atoms with van der Waals surface area (Å²) >= 11 is 0. The zero-order valence-corrected chi connectivity index (χ0v) is 21.0. The van der Waals surface area contributed by atoms with Crippen LogP contribution in [0.2, 0.25) is 0 Å². The first-order valence-corrected chi connectivity index (χ1v) is 12.9. The molecule has 0 heterocycles. The van der Waals surface area contributed by atoms with Crippen molar-refractivity contribution in [2.24, 2.45) is 46.8 Å². The van der Waals surface area contributed by atoms with Gasteiger partial charge in [0, 0.05) is 0 Å². The van der Waals surface area contributed by atoms with Crippen LogP contribution in [0.15, 0.2) is 47.6 Å². The topological polar surface area (TPSA) is 0 Å². The molecular formula is C30H48. The van der Waals surface area contributed by atoms with E-state index in [1.807, 2.05) is 0 Å². The van der Waals surface area contributed by atoms with E-state index in [2.05, 4.69) is 79.3 Å². The van der Waals surface area contributed by atoms with E-state index >= 15 is 0 Å². The summed E-state index contributed by atoms with van der Waals surface area (Å²) in [5, 5.41) is 0. The van der Waals surface area contributed by atoms with Crippen molar-refractivity contribution in [3.8, 4) is 0 Å². The fourth-order valence-corrected chi connectivity index (χ4v) is 6.88. The minimum absolute atomic E-state index is 0.484. The molecule has 0 nitrogen and oxygen atoms in total. The van der Waals surface area contributed by atoms with Crippen molar-refractivity contribution in [1.29, 1.82) is 0 Å². The Morgan fingerprint density at radius 2 is 1.77 bits per heavy atom. The van der Waals surface area contributed by atoms with E-state index in [1.165, 1.54) is 56.1 Å². The van der Waals surface area contributed by atoms with Crippen LogP contribution in [0.1, 0.15) is 93.4 Å². The van der Waals surface area contributed by atoms with Gasteiger partial charge in [-0.1, -0.05) is 84.9 Å². The van der Waals surface area contributed by atoms with Crippen LogP contribution >= 0.6 is 0 Å². The van der Waals surface area contributed by atoms with Gasteiger partial charge in [-0.2, -0.15) is 0 Å². The zero-order valence-electron chi connectivity index (χ0n) is 21.0. The average Bonchev–Trinajstić information content (AvgIpc) is 3.04. The van der Waals surface area contributed by atoms with Gasteiger partial charge >= 0.3 is 0 Å². The van der Waals surface area contributed by atoms with Crippen LogP contribution in [0.25, 0.3) is 0 Å². The van der Waals surface area contributed by atoms with Gasteiger partial charge in [-0.3, -0.25) is 0 Å². The Hall–Kier alpha value is -1.04. The van der Waals surface area contributed by atoms with E-state index in [0.717, 1.165) is 23.7 Å². The standard InChI is InChI=1S/C30H48/c1-20(2)22(4)11-12-23(5)28-15-16-29-26(10-9-17-30(28,29)8)13-14-27-19-21(3)18-24(6)25(27)7/h11-14,20-24,28-29H,7,9-10,15-19H2,1-6,8H3/b12-11+,26-13+,27-14+/t21-,22-,23+,24-,28-,29-,30+/m0/s1. The predicted molar refractivity (Wildman–Crippen MR) is 133 cm³/mol.